The molecule has 0 aliphatic heterocycles. The van der Waals surface area contributed by atoms with E-state index < -0.39 is 10.0 Å². The highest BCUT2D eigenvalue weighted by Crippen LogP contribution is 2.17. The van der Waals surface area contributed by atoms with E-state index in [2.05, 4.69) is 9.71 Å². The van der Waals surface area contributed by atoms with Gasteiger partial charge >= 0.3 is 0 Å². The molecule has 6 heteroatoms. The average Bonchev–Trinajstić information content (AvgIpc) is 2.38. The smallest absolute Gasteiger partial charge is 0.255 e. The second-order valence-corrected chi connectivity index (χ2v) is 5.69. The summed E-state index contributed by atoms with van der Waals surface area (Å²) in [7, 11) is -3.58. The lowest BCUT2D eigenvalue weighted by molar-refractivity contribution is 0.609. The van der Waals surface area contributed by atoms with Crippen molar-refractivity contribution in [1.29, 1.82) is 0 Å². The molecule has 1 aromatic carbocycles. The van der Waals surface area contributed by atoms with Crippen molar-refractivity contribution in [2.75, 3.05) is 4.72 Å². The van der Waals surface area contributed by atoms with Gasteiger partial charge in [0.1, 0.15) is 0 Å². The van der Waals surface area contributed by atoms with Crippen LogP contribution in [0.3, 0.4) is 0 Å². The summed E-state index contributed by atoms with van der Waals surface area (Å²) in [4.78, 5) is 3.83. The lowest BCUT2D eigenvalue weighted by atomic mass is 10.2. The first-order valence-electron chi connectivity index (χ1n) is 5.42. The largest absolute Gasteiger partial charge is 0.279 e. The van der Waals surface area contributed by atoms with Crippen molar-refractivity contribution < 1.29 is 8.42 Å². The van der Waals surface area contributed by atoms with Crippen molar-refractivity contribution in [2.45, 2.75) is 0 Å². The van der Waals surface area contributed by atoms with E-state index in [0.717, 1.165) is 5.41 Å². The van der Waals surface area contributed by atoms with Gasteiger partial charge in [-0.05, 0) is 29.8 Å². The van der Waals surface area contributed by atoms with Crippen LogP contribution in [-0.2, 0) is 10.0 Å². The summed E-state index contributed by atoms with van der Waals surface area (Å²) >= 11 is 5.94. The molecule has 4 nitrogen and oxygen atoms in total. The quantitative estimate of drug-likeness (QED) is 0.942. The molecule has 0 saturated carbocycles. The fraction of sp³-hybridized carbons (Fsp3) is 0. The van der Waals surface area contributed by atoms with Gasteiger partial charge in [-0.2, -0.15) is 0 Å². The van der Waals surface area contributed by atoms with Gasteiger partial charge in [-0.3, -0.25) is 9.71 Å². The first kappa shape index (κ1) is 13.6. The van der Waals surface area contributed by atoms with Crippen LogP contribution in [0.25, 0.3) is 6.08 Å². The van der Waals surface area contributed by atoms with Crippen molar-refractivity contribution in [3.8, 4) is 0 Å². The molecular formula is C13H11ClN2O2S. The van der Waals surface area contributed by atoms with Gasteiger partial charge in [-0.1, -0.05) is 29.8 Å². The maximum atomic E-state index is 11.8. The molecular weight excluding hydrogens is 284 g/mol. The summed E-state index contributed by atoms with van der Waals surface area (Å²) < 4.78 is 26.0. The number of halogens is 1. The Morgan fingerprint density at radius 3 is 2.63 bits per heavy atom. The molecule has 19 heavy (non-hydrogen) atoms. The summed E-state index contributed by atoms with van der Waals surface area (Å²) in [5.41, 5.74) is 1.05. The zero-order valence-corrected chi connectivity index (χ0v) is 11.4. The summed E-state index contributed by atoms with van der Waals surface area (Å²) in [6.07, 6.45) is 4.44. The van der Waals surface area contributed by atoms with E-state index in [1.54, 1.807) is 42.6 Å². The number of pyridine rings is 1. The highest BCUT2D eigenvalue weighted by Gasteiger charge is 2.05. The molecule has 0 fully saturated rings. The van der Waals surface area contributed by atoms with Crippen molar-refractivity contribution >= 4 is 33.4 Å². The van der Waals surface area contributed by atoms with Crippen LogP contribution < -0.4 is 4.72 Å². The second kappa shape index (κ2) is 5.86. The van der Waals surface area contributed by atoms with E-state index >= 15 is 0 Å². The number of nitrogens with one attached hydrogen (secondary N) is 1. The SMILES string of the molecule is O=S(=O)(C=Cc1ccccc1Cl)Nc1cccnc1. The van der Waals surface area contributed by atoms with E-state index in [1.807, 2.05) is 0 Å². The third-order valence-electron chi connectivity index (χ3n) is 2.25. The van der Waals surface area contributed by atoms with Crippen LogP contribution in [0.4, 0.5) is 5.69 Å². The third-order valence-corrected chi connectivity index (χ3v) is 3.61. The number of hydrogen-bond donors (Lipinski definition) is 1. The predicted molar refractivity (Wildman–Crippen MR) is 77.3 cm³/mol. The average molecular weight is 295 g/mol. The Balaban J connectivity index is 2.16. The first-order valence-corrected chi connectivity index (χ1v) is 7.35. The topological polar surface area (TPSA) is 59.1 Å². The van der Waals surface area contributed by atoms with Crippen LogP contribution in [0.5, 0.6) is 0 Å². The Hall–Kier alpha value is -1.85. The van der Waals surface area contributed by atoms with Crippen LogP contribution in [-0.4, -0.2) is 13.4 Å². The van der Waals surface area contributed by atoms with E-state index in [1.165, 1.54) is 12.3 Å². The Morgan fingerprint density at radius 1 is 1.16 bits per heavy atom. The Kier molecular flexibility index (Phi) is 4.19. The van der Waals surface area contributed by atoms with E-state index in [4.69, 9.17) is 11.6 Å². The van der Waals surface area contributed by atoms with Gasteiger partial charge in [-0.15, -0.1) is 0 Å². The molecule has 98 valence electrons. The maximum absolute atomic E-state index is 11.8. The molecule has 2 aromatic rings. The maximum Gasteiger partial charge on any atom is 0.255 e. The molecule has 0 atom stereocenters. The zero-order chi connectivity index (χ0) is 13.7. The molecule has 1 N–H and O–H groups in total. The molecule has 1 aromatic heterocycles. The number of benzene rings is 1. The number of hydrogen-bond acceptors (Lipinski definition) is 3. The highest BCUT2D eigenvalue weighted by molar-refractivity contribution is 7.95. The fourth-order valence-electron chi connectivity index (χ4n) is 1.39. The Labute approximate surface area is 116 Å². The first-order chi connectivity index (χ1) is 9.07. The van der Waals surface area contributed by atoms with Crippen molar-refractivity contribution in [3.05, 3.63) is 64.8 Å². The monoisotopic (exact) mass is 294 g/mol. The van der Waals surface area contributed by atoms with Crippen molar-refractivity contribution in [2.24, 2.45) is 0 Å². The molecule has 0 bridgehead atoms. The summed E-state index contributed by atoms with van der Waals surface area (Å²) in [6, 6.07) is 10.3. The molecule has 2 rings (SSSR count). The lowest BCUT2D eigenvalue weighted by Gasteiger charge is -2.03. The third kappa shape index (κ3) is 4.08. The Bertz CT molecular complexity index is 685. The molecule has 1 heterocycles. The van der Waals surface area contributed by atoms with Crippen LogP contribution in [0.1, 0.15) is 5.56 Å². The van der Waals surface area contributed by atoms with Crippen LogP contribution >= 0.6 is 11.6 Å². The van der Waals surface area contributed by atoms with Crippen LogP contribution in [0, 0.1) is 0 Å². The van der Waals surface area contributed by atoms with Gasteiger partial charge in [0.2, 0.25) is 0 Å². The number of nitrogens with zero attached hydrogens (tertiary/aromatic N) is 1. The minimum Gasteiger partial charge on any atom is -0.279 e. The summed E-state index contributed by atoms with van der Waals surface area (Å²) in [6.45, 7) is 0. The number of rotatable bonds is 4. The van der Waals surface area contributed by atoms with Crippen LogP contribution in [0.2, 0.25) is 5.02 Å². The van der Waals surface area contributed by atoms with Crippen molar-refractivity contribution in [3.63, 3.8) is 0 Å². The zero-order valence-electron chi connectivity index (χ0n) is 9.82. The van der Waals surface area contributed by atoms with E-state index in [9.17, 15) is 8.42 Å². The van der Waals surface area contributed by atoms with E-state index in [0.29, 0.717) is 16.3 Å². The standard InChI is InChI=1S/C13H11ClN2O2S/c14-13-6-2-1-4-11(13)7-9-19(17,18)16-12-5-3-8-15-10-12/h1-10,16H. The highest BCUT2D eigenvalue weighted by atomic mass is 35.5. The van der Waals surface area contributed by atoms with Gasteiger partial charge in [0.25, 0.3) is 10.0 Å². The Morgan fingerprint density at radius 2 is 1.95 bits per heavy atom. The predicted octanol–water partition coefficient (Wildman–Crippen LogP) is 3.15. The molecule has 0 aliphatic rings. The molecule has 0 aliphatic carbocycles. The normalized spacial score (nSPS) is 11.6. The van der Waals surface area contributed by atoms with Gasteiger partial charge < -0.3 is 0 Å². The van der Waals surface area contributed by atoms with Gasteiger partial charge in [0.05, 0.1) is 17.3 Å². The second-order valence-electron chi connectivity index (χ2n) is 3.71. The molecule has 0 spiro atoms. The fourth-order valence-corrected chi connectivity index (χ4v) is 2.44. The van der Waals surface area contributed by atoms with E-state index in [-0.39, 0.29) is 0 Å². The van der Waals surface area contributed by atoms with Gasteiger partial charge in [0.15, 0.2) is 0 Å². The minimum atomic E-state index is -3.58. The van der Waals surface area contributed by atoms with Gasteiger partial charge in [-0.25, -0.2) is 8.42 Å². The minimum absolute atomic E-state index is 0.409. The summed E-state index contributed by atoms with van der Waals surface area (Å²) in [5.74, 6) is 0. The number of anilines is 1. The summed E-state index contributed by atoms with van der Waals surface area (Å²) in [5, 5.41) is 1.57. The molecule has 0 radical (unpaired) electrons. The molecule has 0 saturated heterocycles. The molecule has 0 amide bonds. The number of aromatic nitrogens is 1. The lowest BCUT2D eigenvalue weighted by Crippen LogP contribution is -2.08. The number of sulfonamides is 1. The molecule has 0 unspecified atom stereocenters. The van der Waals surface area contributed by atoms with Crippen LogP contribution in [0.15, 0.2) is 54.2 Å². The van der Waals surface area contributed by atoms with Crippen molar-refractivity contribution in [1.82, 2.24) is 4.98 Å². The van der Waals surface area contributed by atoms with Gasteiger partial charge in [0, 0.05) is 11.2 Å².